The molecule has 0 saturated heterocycles. The van der Waals surface area contributed by atoms with Crippen LogP contribution in [-0.4, -0.2) is 17.1 Å². The van der Waals surface area contributed by atoms with E-state index < -0.39 is 5.92 Å². The number of rotatable bonds is 4. The van der Waals surface area contributed by atoms with E-state index in [4.69, 9.17) is 4.74 Å². The fraction of sp³-hybridized carbons (Fsp3) is 0.238. The maximum atomic E-state index is 13.4. The molecule has 134 valence electrons. The minimum atomic E-state index is -2.92. The molecule has 3 rings (SSSR count). The van der Waals surface area contributed by atoms with E-state index in [9.17, 15) is 8.78 Å². The molecule has 0 atom stereocenters. The Morgan fingerprint density at radius 2 is 1.69 bits per heavy atom. The van der Waals surface area contributed by atoms with Crippen molar-refractivity contribution in [2.24, 2.45) is 0 Å². The van der Waals surface area contributed by atoms with Crippen molar-refractivity contribution in [3.63, 3.8) is 0 Å². The molecular weight excluding hydrogens is 334 g/mol. The van der Waals surface area contributed by atoms with Crippen molar-refractivity contribution in [3.05, 3.63) is 65.5 Å². The first kappa shape index (κ1) is 18.0. The second-order valence-corrected chi connectivity index (χ2v) is 6.42. The van der Waals surface area contributed by atoms with Crippen LogP contribution >= 0.6 is 0 Å². The zero-order valence-electron chi connectivity index (χ0n) is 15.2. The molecular formula is C21H20F2N2O. The quantitative estimate of drug-likeness (QED) is 0.616. The van der Waals surface area contributed by atoms with E-state index in [0.29, 0.717) is 17.1 Å². The van der Waals surface area contributed by atoms with Gasteiger partial charge in [-0.05, 0) is 43.2 Å². The van der Waals surface area contributed by atoms with Gasteiger partial charge in [0.15, 0.2) is 0 Å². The zero-order valence-corrected chi connectivity index (χ0v) is 15.2. The van der Waals surface area contributed by atoms with E-state index in [-0.39, 0.29) is 5.56 Å². The molecule has 3 nitrogen and oxygen atoms in total. The fourth-order valence-electron chi connectivity index (χ4n) is 2.90. The number of halogens is 2. The molecule has 0 spiro atoms. The van der Waals surface area contributed by atoms with E-state index in [2.05, 4.69) is 16.0 Å². The molecule has 0 unspecified atom stereocenters. The van der Waals surface area contributed by atoms with Gasteiger partial charge in [0, 0.05) is 30.4 Å². The van der Waals surface area contributed by atoms with Gasteiger partial charge in [-0.25, -0.2) is 13.8 Å². The molecule has 5 heteroatoms. The Morgan fingerprint density at radius 3 is 2.27 bits per heavy atom. The third kappa shape index (κ3) is 3.57. The smallest absolute Gasteiger partial charge is 0.272 e. The second-order valence-electron chi connectivity index (χ2n) is 6.42. The number of ether oxygens (including phenoxy) is 1. The highest BCUT2D eigenvalue weighted by Gasteiger charge is 2.24. The molecule has 0 N–H and O–H groups in total. The monoisotopic (exact) mass is 354 g/mol. The van der Waals surface area contributed by atoms with Crippen LogP contribution in [0.5, 0.6) is 5.88 Å². The predicted molar refractivity (Wildman–Crippen MR) is 98.5 cm³/mol. The largest absolute Gasteiger partial charge is 0.481 e. The summed E-state index contributed by atoms with van der Waals surface area (Å²) in [5.74, 6) is -2.52. The lowest BCUT2D eigenvalue weighted by atomic mass is 9.98. The number of methoxy groups -OCH3 is 1. The van der Waals surface area contributed by atoms with Crippen LogP contribution in [-0.2, 0) is 5.92 Å². The number of hydrogen-bond donors (Lipinski definition) is 0. The Labute approximate surface area is 151 Å². The summed E-state index contributed by atoms with van der Waals surface area (Å²) in [6.07, 6.45) is 2.94. The number of aromatic nitrogens is 2. The molecule has 2 aromatic heterocycles. The Bertz CT molecular complexity index is 932. The summed E-state index contributed by atoms with van der Waals surface area (Å²) >= 11 is 0. The number of aryl methyl sites for hydroxylation is 2. The highest BCUT2D eigenvalue weighted by Crippen LogP contribution is 2.34. The van der Waals surface area contributed by atoms with E-state index in [1.54, 1.807) is 12.3 Å². The molecule has 26 heavy (non-hydrogen) atoms. The van der Waals surface area contributed by atoms with Crippen molar-refractivity contribution < 1.29 is 13.5 Å². The Hall–Kier alpha value is -2.82. The SMILES string of the molecule is COc1ncc(-c2ccc(C)cc2C)cc1-c1ccc(C(C)(F)F)cn1. The van der Waals surface area contributed by atoms with Crippen LogP contribution in [0.25, 0.3) is 22.4 Å². The predicted octanol–water partition coefficient (Wildman–Crippen LogP) is 5.55. The van der Waals surface area contributed by atoms with Gasteiger partial charge in [-0.3, -0.25) is 4.98 Å². The number of alkyl halides is 2. The molecule has 0 aliphatic heterocycles. The second kappa shape index (κ2) is 6.83. The first-order chi connectivity index (χ1) is 12.3. The van der Waals surface area contributed by atoms with Gasteiger partial charge in [-0.15, -0.1) is 0 Å². The third-order valence-electron chi connectivity index (χ3n) is 4.28. The van der Waals surface area contributed by atoms with Crippen molar-refractivity contribution in [1.82, 2.24) is 9.97 Å². The minimum absolute atomic E-state index is 0.126. The Kier molecular flexibility index (Phi) is 4.72. The van der Waals surface area contributed by atoms with Crippen LogP contribution in [0, 0.1) is 13.8 Å². The number of pyridine rings is 2. The van der Waals surface area contributed by atoms with Gasteiger partial charge in [0.05, 0.1) is 18.4 Å². The van der Waals surface area contributed by atoms with Gasteiger partial charge >= 0.3 is 0 Å². The lowest BCUT2D eigenvalue weighted by Crippen LogP contribution is -2.07. The third-order valence-corrected chi connectivity index (χ3v) is 4.28. The Balaban J connectivity index is 2.09. The van der Waals surface area contributed by atoms with Crippen LogP contribution < -0.4 is 4.74 Å². The van der Waals surface area contributed by atoms with Crippen LogP contribution in [0.15, 0.2) is 48.8 Å². The molecule has 0 saturated carbocycles. The van der Waals surface area contributed by atoms with Gasteiger partial charge in [0.25, 0.3) is 5.92 Å². The van der Waals surface area contributed by atoms with Gasteiger partial charge < -0.3 is 4.74 Å². The van der Waals surface area contributed by atoms with Crippen molar-refractivity contribution in [1.29, 1.82) is 0 Å². The van der Waals surface area contributed by atoms with E-state index in [1.165, 1.54) is 24.9 Å². The summed E-state index contributed by atoms with van der Waals surface area (Å²) in [7, 11) is 1.52. The highest BCUT2D eigenvalue weighted by atomic mass is 19.3. The van der Waals surface area contributed by atoms with Crippen molar-refractivity contribution >= 4 is 0 Å². The Morgan fingerprint density at radius 1 is 0.923 bits per heavy atom. The maximum Gasteiger partial charge on any atom is 0.272 e. The van der Waals surface area contributed by atoms with Gasteiger partial charge in [0.2, 0.25) is 5.88 Å². The lowest BCUT2D eigenvalue weighted by Gasteiger charge is -2.13. The summed E-state index contributed by atoms with van der Waals surface area (Å²) < 4.78 is 32.2. The van der Waals surface area contributed by atoms with Gasteiger partial charge in [-0.2, -0.15) is 0 Å². The van der Waals surface area contributed by atoms with Gasteiger partial charge in [0.1, 0.15) is 0 Å². The number of hydrogen-bond acceptors (Lipinski definition) is 3. The zero-order chi connectivity index (χ0) is 18.9. The van der Waals surface area contributed by atoms with E-state index >= 15 is 0 Å². The van der Waals surface area contributed by atoms with Crippen LogP contribution in [0.1, 0.15) is 23.6 Å². The van der Waals surface area contributed by atoms with Crippen LogP contribution in [0.2, 0.25) is 0 Å². The normalized spacial score (nSPS) is 11.5. The van der Waals surface area contributed by atoms with Crippen molar-refractivity contribution in [3.8, 4) is 28.3 Å². The average Bonchev–Trinajstić information content (AvgIpc) is 2.60. The molecule has 0 amide bonds. The van der Waals surface area contributed by atoms with E-state index in [1.807, 2.05) is 32.0 Å². The topological polar surface area (TPSA) is 35.0 Å². The molecule has 0 aliphatic carbocycles. The van der Waals surface area contributed by atoms with E-state index in [0.717, 1.165) is 23.6 Å². The first-order valence-electron chi connectivity index (χ1n) is 8.26. The standard InChI is InChI=1S/C21H20F2N2O/c1-13-5-7-17(14(2)9-13)15-10-18(20(26-4)25-11-15)19-8-6-16(12-24-19)21(3,22)23/h5-12H,1-4H3. The summed E-state index contributed by atoms with van der Waals surface area (Å²) in [5, 5.41) is 0. The van der Waals surface area contributed by atoms with Crippen molar-refractivity contribution in [2.75, 3.05) is 7.11 Å². The fourth-order valence-corrected chi connectivity index (χ4v) is 2.90. The summed E-state index contributed by atoms with van der Waals surface area (Å²) in [4.78, 5) is 8.57. The summed E-state index contributed by atoms with van der Waals surface area (Å²) in [6.45, 7) is 4.94. The van der Waals surface area contributed by atoms with Gasteiger partial charge in [-0.1, -0.05) is 23.8 Å². The van der Waals surface area contributed by atoms with Crippen molar-refractivity contribution in [2.45, 2.75) is 26.7 Å². The molecule has 0 bridgehead atoms. The minimum Gasteiger partial charge on any atom is -0.481 e. The molecule has 0 radical (unpaired) electrons. The summed E-state index contributed by atoms with van der Waals surface area (Å²) in [6, 6.07) is 11.1. The summed E-state index contributed by atoms with van der Waals surface area (Å²) in [5.41, 5.74) is 5.37. The molecule has 0 fully saturated rings. The molecule has 1 aromatic carbocycles. The first-order valence-corrected chi connectivity index (χ1v) is 8.26. The maximum absolute atomic E-state index is 13.4. The van der Waals surface area contributed by atoms with Crippen LogP contribution in [0.4, 0.5) is 8.78 Å². The molecule has 0 aliphatic rings. The highest BCUT2D eigenvalue weighted by molar-refractivity contribution is 5.75. The lowest BCUT2D eigenvalue weighted by molar-refractivity contribution is 0.0171. The average molecular weight is 354 g/mol. The molecule has 3 aromatic rings. The number of nitrogens with zero attached hydrogens (tertiary/aromatic N) is 2. The number of benzene rings is 1. The van der Waals surface area contributed by atoms with Crippen LogP contribution in [0.3, 0.4) is 0 Å². The molecule has 2 heterocycles.